The maximum atomic E-state index is 14.7. The SMILES string of the molecule is CNc1nccc(-c2cccnc2Oc2cc(F)cc(C(=O)Nc3cc(C(F)(F)F)ccc3N(C)[C@@H]3CCN(C)C3)c2)n1.CNc1nccc(-c2cccnc2Oc2cc(F)cc(C(=O)Nc3cc(C(F)(F)F)ccc3N(C)[C@H]3CCN(C)C3)c2)n1. The standard InChI is InChI=1S/2C30H29F4N7O2/c2*1-35-29-37-11-8-24(39-29)23-5-4-10-36-28(23)43-22-14-18(13-20(31)16-22)27(42)38-25-15-19(30(32,33)34)6-7-26(25)41(3)21-9-12-40(2)17-21/h2*4-8,10-11,13-16,21H,9,12,17H2,1-3H3,(H,38,42)(H,35,37,39)/t2*21-/m10/s1. The van der Waals surface area contributed by atoms with E-state index in [9.17, 15) is 44.7 Å². The monoisotopic (exact) mass is 1190 g/mol. The Bertz CT molecular complexity index is 3510. The zero-order valence-corrected chi connectivity index (χ0v) is 47.2. The molecule has 6 heterocycles. The largest absolute Gasteiger partial charge is 0.438 e. The van der Waals surface area contributed by atoms with Crippen molar-refractivity contribution in [2.75, 3.05) is 99.5 Å². The van der Waals surface area contributed by atoms with Gasteiger partial charge in [0.2, 0.25) is 23.7 Å². The maximum Gasteiger partial charge on any atom is 0.416 e. The van der Waals surface area contributed by atoms with E-state index in [1.54, 1.807) is 77.0 Å². The van der Waals surface area contributed by atoms with Crippen LogP contribution in [0.25, 0.3) is 22.5 Å². The lowest BCUT2D eigenvalue weighted by atomic mass is 10.1. The molecular formula is C60H58F8N14O4. The van der Waals surface area contributed by atoms with Gasteiger partial charge in [-0.25, -0.2) is 38.7 Å². The summed E-state index contributed by atoms with van der Waals surface area (Å²) in [5.41, 5.74) is 0.573. The Hall–Kier alpha value is -9.56. The highest BCUT2D eigenvalue weighted by atomic mass is 19.4. The molecule has 0 radical (unpaired) electrons. The molecule has 2 amide bonds. The van der Waals surface area contributed by atoms with Gasteiger partial charge < -0.3 is 50.3 Å². The van der Waals surface area contributed by atoms with Gasteiger partial charge in [-0.3, -0.25) is 9.59 Å². The first-order chi connectivity index (χ1) is 41.0. The number of aromatic nitrogens is 6. The van der Waals surface area contributed by atoms with Crippen molar-refractivity contribution in [3.05, 3.63) is 168 Å². The molecule has 18 nitrogen and oxygen atoms in total. The van der Waals surface area contributed by atoms with Crippen molar-refractivity contribution in [1.29, 1.82) is 0 Å². The summed E-state index contributed by atoms with van der Waals surface area (Å²) in [4.78, 5) is 60.1. The second kappa shape index (κ2) is 26.1. The van der Waals surface area contributed by atoms with Crippen molar-refractivity contribution < 1.29 is 54.2 Å². The van der Waals surface area contributed by atoms with Crippen LogP contribution in [0.4, 0.5) is 69.8 Å². The zero-order valence-electron chi connectivity index (χ0n) is 47.2. The molecule has 4 aromatic heterocycles. The number of hydrogen-bond acceptors (Lipinski definition) is 16. The van der Waals surface area contributed by atoms with Crippen molar-refractivity contribution in [2.24, 2.45) is 0 Å². The summed E-state index contributed by atoms with van der Waals surface area (Å²) in [5.74, 6) is -2.31. The van der Waals surface area contributed by atoms with Crippen LogP contribution in [0.2, 0.25) is 0 Å². The summed E-state index contributed by atoms with van der Waals surface area (Å²) < 4.78 is 123. The number of anilines is 6. The molecule has 0 spiro atoms. The topological polar surface area (TPSA) is 191 Å². The minimum absolute atomic E-state index is 0.0385. The fourth-order valence-corrected chi connectivity index (χ4v) is 9.80. The summed E-state index contributed by atoms with van der Waals surface area (Å²) >= 11 is 0. The van der Waals surface area contributed by atoms with Crippen molar-refractivity contribution in [3.8, 4) is 45.8 Å². The number of alkyl halides is 6. The molecule has 448 valence electrons. The molecule has 2 saturated heterocycles. The third-order valence-electron chi connectivity index (χ3n) is 14.3. The molecule has 0 bridgehead atoms. The Morgan fingerprint density at radius 3 is 1.31 bits per heavy atom. The lowest BCUT2D eigenvalue weighted by molar-refractivity contribution is -0.138. The number of rotatable bonds is 16. The number of likely N-dealkylation sites (tertiary alicyclic amines) is 2. The smallest absolute Gasteiger partial charge is 0.416 e. The molecule has 2 fully saturated rings. The van der Waals surface area contributed by atoms with Gasteiger partial charge in [0.1, 0.15) is 23.1 Å². The summed E-state index contributed by atoms with van der Waals surface area (Å²) in [5, 5.41) is 10.8. The predicted molar refractivity (Wildman–Crippen MR) is 310 cm³/mol. The van der Waals surface area contributed by atoms with Crippen LogP contribution < -0.4 is 40.5 Å². The molecule has 0 unspecified atom stereocenters. The van der Waals surface area contributed by atoms with E-state index in [1.807, 2.05) is 23.9 Å². The molecule has 0 saturated carbocycles. The van der Waals surface area contributed by atoms with Gasteiger partial charge in [0.05, 0.1) is 56.4 Å². The molecule has 86 heavy (non-hydrogen) atoms. The number of likely N-dealkylation sites (N-methyl/N-ethyl adjacent to an activating group) is 4. The molecule has 4 N–H and O–H groups in total. The number of halogens is 8. The molecule has 8 aromatic rings. The highest BCUT2D eigenvalue weighted by molar-refractivity contribution is 6.07. The minimum atomic E-state index is -4.62. The molecule has 2 atom stereocenters. The second-order valence-electron chi connectivity index (χ2n) is 20.3. The third kappa shape index (κ3) is 14.8. The Balaban J connectivity index is 0.000000205. The first-order valence-electron chi connectivity index (χ1n) is 26.8. The number of nitrogens with one attached hydrogen (secondary N) is 4. The number of carbonyl (C=O) groups is 2. The van der Waals surface area contributed by atoms with Gasteiger partial charge in [0.25, 0.3) is 11.8 Å². The van der Waals surface area contributed by atoms with Crippen LogP contribution in [0.5, 0.6) is 23.3 Å². The fraction of sp³-hybridized carbons (Fsp3) is 0.267. The lowest BCUT2D eigenvalue weighted by Crippen LogP contribution is -2.34. The highest BCUT2D eigenvalue weighted by Gasteiger charge is 2.35. The van der Waals surface area contributed by atoms with Gasteiger partial charge in [-0.05, 0) is 137 Å². The van der Waals surface area contributed by atoms with Crippen LogP contribution in [-0.4, -0.2) is 132 Å². The lowest BCUT2D eigenvalue weighted by Gasteiger charge is -2.29. The normalized spacial score (nSPS) is 15.3. The first kappa shape index (κ1) is 61.0. The number of ether oxygens (including phenoxy) is 2. The van der Waals surface area contributed by atoms with Crippen LogP contribution in [0.15, 0.2) is 134 Å². The van der Waals surface area contributed by atoms with Crippen molar-refractivity contribution >= 4 is 46.5 Å². The number of carbonyl (C=O) groups excluding carboxylic acids is 2. The van der Waals surface area contributed by atoms with Crippen molar-refractivity contribution in [2.45, 2.75) is 37.3 Å². The van der Waals surface area contributed by atoms with Crippen LogP contribution in [0.1, 0.15) is 44.7 Å². The molecule has 26 heteroatoms. The Morgan fingerprint density at radius 1 is 0.547 bits per heavy atom. The van der Waals surface area contributed by atoms with E-state index in [4.69, 9.17) is 9.47 Å². The summed E-state index contributed by atoms with van der Waals surface area (Å²) in [6.45, 7) is 3.12. The third-order valence-corrected chi connectivity index (χ3v) is 14.3. The second-order valence-corrected chi connectivity index (χ2v) is 20.3. The minimum Gasteiger partial charge on any atom is -0.438 e. The van der Waals surface area contributed by atoms with E-state index < -0.39 is 46.9 Å². The summed E-state index contributed by atoms with van der Waals surface area (Å²) in [6.07, 6.45) is -1.54. The van der Waals surface area contributed by atoms with Gasteiger partial charge in [-0.2, -0.15) is 26.3 Å². The zero-order chi connectivity index (χ0) is 61.5. The van der Waals surface area contributed by atoms with Gasteiger partial charge in [-0.15, -0.1) is 0 Å². The molecule has 0 aliphatic carbocycles. The van der Waals surface area contributed by atoms with E-state index in [2.05, 4.69) is 61.0 Å². The van der Waals surface area contributed by atoms with Crippen molar-refractivity contribution in [1.82, 2.24) is 39.7 Å². The Kier molecular flexibility index (Phi) is 18.6. The van der Waals surface area contributed by atoms with Crippen LogP contribution in [0.3, 0.4) is 0 Å². The Labute approximate surface area is 489 Å². The molecular weight excluding hydrogens is 1130 g/mol. The van der Waals surface area contributed by atoms with E-state index in [1.165, 1.54) is 36.7 Å². The average Bonchev–Trinajstić information content (AvgIpc) is 3.82. The fourth-order valence-electron chi connectivity index (χ4n) is 9.80. The molecule has 4 aromatic carbocycles. The number of amides is 2. The molecule has 10 rings (SSSR count). The summed E-state index contributed by atoms with van der Waals surface area (Å²) in [7, 11) is 10.8. The number of nitrogens with zero attached hydrogens (tertiary/aromatic N) is 10. The first-order valence-corrected chi connectivity index (χ1v) is 26.8. The van der Waals surface area contributed by atoms with E-state index in [-0.39, 0.29) is 57.8 Å². The maximum absolute atomic E-state index is 14.7. The van der Waals surface area contributed by atoms with Crippen LogP contribution in [0, 0.1) is 11.6 Å². The van der Waals surface area contributed by atoms with Crippen LogP contribution in [-0.2, 0) is 12.4 Å². The molecule has 2 aliphatic rings. The Morgan fingerprint density at radius 2 is 0.953 bits per heavy atom. The number of pyridine rings is 2. The quantitative estimate of drug-likeness (QED) is 0.0668. The highest BCUT2D eigenvalue weighted by Crippen LogP contribution is 2.40. The van der Waals surface area contributed by atoms with Crippen LogP contribution >= 0.6 is 0 Å². The molecule has 2 aliphatic heterocycles. The summed E-state index contributed by atoms with van der Waals surface area (Å²) in [6, 6.07) is 23.3. The van der Waals surface area contributed by atoms with E-state index >= 15 is 0 Å². The number of benzene rings is 4. The van der Waals surface area contributed by atoms with Gasteiger partial charge in [0.15, 0.2) is 0 Å². The number of hydrogen-bond donors (Lipinski definition) is 4. The predicted octanol–water partition coefficient (Wildman–Crippen LogP) is 11.8. The van der Waals surface area contributed by atoms with E-state index in [0.29, 0.717) is 45.8 Å². The van der Waals surface area contributed by atoms with Gasteiger partial charge in [0, 0.05) is 101 Å². The van der Waals surface area contributed by atoms with Crippen molar-refractivity contribution in [3.63, 3.8) is 0 Å². The van der Waals surface area contributed by atoms with E-state index in [0.717, 1.165) is 87.6 Å². The average molecular weight is 1190 g/mol. The van der Waals surface area contributed by atoms with Gasteiger partial charge >= 0.3 is 12.4 Å². The van der Waals surface area contributed by atoms with Gasteiger partial charge in [-0.1, -0.05) is 0 Å².